The van der Waals surface area contributed by atoms with Gasteiger partial charge in [-0.05, 0) is 65.1 Å². The van der Waals surface area contributed by atoms with E-state index >= 15 is 0 Å². The molecule has 0 spiro atoms. The zero-order valence-corrected chi connectivity index (χ0v) is 13.0. The van der Waals surface area contributed by atoms with Crippen molar-refractivity contribution in [1.82, 2.24) is 5.43 Å². The summed E-state index contributed by atoms with van der Waals surface area (Å²) in [6, 6.07) is 10.6. The van der Waals surface area contributed by atoms with Crippen LogP contribution in [0.25, 0.3) is 6.08 Å². The van der Waals surface area contributed by atoms with Crippen LogP contribution in [0.4, 0.5) is 5.69 Å². The van der Waals surface area contributed by atoms with Crippen LogP contribution in [0.2, 0.25) is 0 Å². The van der Waals surface area contributed by atoms with Crippen molar-refractivity contribution in [2.45, 2.75) is 0 Å². The molecule has 0 bridgehead atoms. The van der Waals surface area contributed by atoms with Crippen molar-refractivity contribution in [2.75, 3.05) is 5.01 Å². The maximum Gasteiger partial charge on any atom is 0.282 e. The third kappa shape index (κ3) is 2.71. The van der Waals surface area contributed by atoms with Crippen molar-refractivity contribution in [2.24, 2.45) is 0 Å². The highest BCUT2D eigenvalue weighted by atomic mass is 127. The van der Waals surface area contributed by atoms with E-state index in [0.717, 1.165) is 3.57 Å². The van der Waals surface area contributed by atoms with E-state index in [1.165, 1.54) is 11.1 Å². The van der Waals surface area contributed by atoms with Crippen LogP contribution in [-0.4, -0.2) is 11.8 Å². The molecular weight excluding hydrogens is 383 g/mol. The number of hydrogen-bond acceptors (Lipinski definition) is 3. The lowest BCUT2D eigenvalue weighted by atomic mass is 10.2. The molecular formula is C15H10IN2O3. The minimum atomic E-state index is -0.458. The molecule has 1 radical (unpaired) electrons. The molecule has 0 unspecified atom stereocenters. The van der Waals surface area contributed by atoms with Crippen LogP contribution in [0.5, 0.6) is 0 Å². The predicted molar refractivity (Wildman–Crippen MR) is 85.9 cm³/mol. The molecule has 1 N–H and O–H groups in total. The molecule has 2 amide bonds. The van der Waals surface area contributed by atoms with Gasteiger partial charge in [0, 0.05) is 10.5 Å². The second kappa shape index (κ2) is 5.36. The molecule has 1 fully saturated rings. The lowest BCUT2D eigenvalue weighted by molar-refractivity contribution is -0.117. The molecule has 0 aliphatic carbocycles. The van der Waals surface area contributed by atoms with E-state index in [0.29, 0.717) is 17.2 Å². The van der Waals surface area contributed by atoms with E-state index < -0.39 is 11.8 Å². The largest absolute Gasteiger partial charge is 0.462 e. The minimum absolute atomic E-state index is 0.0305. The van der Waals surface area contributed by atoms with E-state index in [4.69, 9.17) is 4.42 Å². The molecule has 0 saturated carbocycles. The topological polar surface area (TPSA) is 62.6 Å². The number of hydrazine groups is 1. The number of rotatable bonds is 2. The van der Waals surface area contributed by atoms with Crippen LogP contribution in [0.15, 0.2) is 46.4 Å². The van der Waals surface area contributed by atoms with Gasteiger partial charge >= 0.3 is 0 Å². The van der Waals surface area contributed by atoms with Gasteiger partial charge in [0.05, 0.1) is 5.69 Å². The fourth-order valence-electron chi connectivity index (χ4n) is 1.94. The van der Waals surface area contributed by atoms with Gasteiger partial charge in [-0.1, -0.05) is 0 Å². The lowest BCUT2D eigenvalue weighted by Crippen LogP contribution is -2.35. The monoisotopic (exact) mass is 393 g/mol. The molecule has 5 nitrogen and oxygen atoms in total. The normalized spacial score (nSPS) is 16.7. The van der Waals surface area contributed by atoms with Crippen molar-refractivity contribution < 1.29 is 14.0 Å². The maximum absolute atomic E-state index is 12.3. The Bertz CT molecular complexity index is 747. The van der Waals surface area contributed by atoms with E-state index in [-0.39, 0.29) is 5.57 Å². The number of anilines is 1. The van der Waals surface area contributed by atoms with Gasteiger partial charge in [-0.25, -0.2) is 5.01 Å². The first-order valence-corrected chi connectivity index (χ1v) is 7.17. The zero-order chi connectivity index (χ0) is 15.0. The average molecular weight is 393 g/mol. The Morgan fingerprint density at radius 3 is 2.48 bits per heavy atom. The van der Waals surface area contributed by atoms with Gasteiger partial charge in [0.25, 0.3) is 11.8 Å². The van der Waals surface area contributed by atoms with Crippen molar-refractivity contribution >= 4 is 46.2 Å². The van der Waals surface area contributed by atoms with Crippen molar-refractivity contribution in [3.05, 3.63) is 64.0 Å². The van der Waals surface area contributed by atoms with E-state index in [1.54, 1.807) is 24.3 Å². The van der Waals surface area contributed by atoms with Crippen LogP contribution in [0.1, 0.15) is 11.5 Å². The number of amides is 2. The fourth-order valence-corrected chi connectivity index (χ4v) is 2.30. The molecule has 21 heavy (non-hydrogen) atoms. The summed E-state index contributed by atoms with van der Waals surface area (Å²) in [5.74, 6) is 0.0222. The highest BCUT2D eigenvalue weighted by Crippen LogP contribution is 2.22. The standard InChI is InChI=1S/C15H10IN2O3/c1-9-2-7-12(21-9)8-13-14(19)17-18(15(13)20)11-5-3-10(16)4-6-11/h2-8H,1H2,(H,17,19). The number of benzene rings is 1. The number of halogens is 1. The second-order valence-corrected chi connectivity index (χ2v) is 5.67. The number of carbonyl (C=O) groups excluding carboxylic acids is 2. The summed E-state index contributed by atoms with van der Waals surface area (Å²) >= 11 is 2.17. The number of nitrogens with zero attached hydrogens (tertiary/aromatic N) is 1. The van der Waals surface area contributed by atoms with Crippen molar-refractivity contribution in [3.63, 3.8) is 0 Å². The third-order valence-electron chi connectivity index (χ3n) is 2.95. The molecule has 2 heterocycles. The first kappa shape index (κ1) is 13.9. The van der Waals surface area contributed by atoms with Crippen molar-refractivity contribution in [3.8, 4) is 0 Å². The Labute approximate surface area is 134 Å². The van der Waals surface area contributed by atoms with Gasteiger partial charge in [0.15, 0.2) is 0 Å². The number of hydrogen-bond donors (Lipinski definition) is 1. The second-order valence-electron chi connectivity index (χ2n) is 4.42. The van der Waals surface area contributed by atoms with Gasteiger partial charge in [-0.3, -0.25) is 15.0 Å². The quantitative estimate of drug-likeness (QED) is 0.485. The van der Waals surface area contributed by atoms with Gasteiger partial charge in [0.2, 0.25) is 0 Å². The average Bonchev–Trinajstić information content (AvgIpc) is 2.98. The smallest absolute Gasteiger partial charge is 0.282 e. The molecule has 1 aliphatic heterocycles. The summed E-state index contributed by atoms with van der Waals surface area (Å²) in [6.07, 6.45) is 1.42. The number of furan rings is 1. The summed E-state index contributed by atoms with van der Waals surface area (Å²) in [7, 11) is 0. The highest BCUT2D eigenvalue weighted by molar-refractivity contribution is 14.1. The van der Waals surface area contributed by atoms with Gasteiger partial charge in [-0.2, -0.15) is 0 Å². The van der Waals surface area contributed by atoms with Crippen LogP contribution < -0.4 is 10.4 Å². The molecule has 3 rings (SSSR count). The Morgan fingerprint density at radius 2 is 1.86 bits per heavy atom. The minimum Gasteiger partial charge on any atom is -0.462 e. The summed E-state index contributed by atoms with van der Waals surface area (Å²) in [4.78, 5) is 24.3. The van der Waals surface area contributed by atoms with Crippen molar-refractivity contribution in [1.29, 1.82) is 0 Å². The summed E-state index contributed by atoms with van der Waals surface area (Å²) < 4.78 is 6.30. The van der Waals surface area contributed by atoms with Crippen LogP contribution in [0, 0.1) is 10.5 Å². The van der Waals surface area contributed by atoms with Gasteiger partial charge in [-0.15, -0.1) is 0 Å². The summed E-state index contributed by atoms with van der Waals surface area (Å²) in [6.45, 7) is 3.63. The van der Waals surface area contributed by atoms with Crippen LogP contribution >= 0.6 is 22.6 Å². The van der Waals surface area contributed by atoms with E-state index in [2.05, 4.69) is 34.9 Å². The molecule has 1 saturated heterocycles. The molecule has 105 valence electrons. The Morgan fingerprint density at radius 1 is 1.14 bits per heavy atom. The Balaban J connectivity index is 1.92. The molecule has 2 aromatic rings. The molecule has 6 heteroatoms. The fraction of sp³-hybridized carbons (Fsp3) is 0. The number of nitrogens with one attached hydrogen (secondary N) is 1. The van der Waals surface area contributed by atoms with E-state index in [9.17, 15) is 9.59 Å². The SMILES string of the molecule is [CH2]c1ccc(C=C2C(=O)NN(c3ccc(I)cc3)C2=O)o1. The van der Waals surface area contributed by atoms with E-state index in [1.807, 2.05) is 12.1 Å². The Hall–Kier alpha value is -2.09. The summed E-state index contributed by atoms with van der Waals surface area (Å²) in [5, 5.41) is 1.22. The first-order valence-electron chi connectivity index (χ1n) is 6.09. The first-order chi connectivity index (χ1) is 10.0. The number of carbonyl (C=O) groups is 2. The van der Waals surface area contributed by atoms with Crippen LogP contribution in [0.3, 0.4) is 0 Å². The van der Waals surface area contributed by atoms with Crippen LogP contribution in [-0.2, 0) is 9.59 Å². The maximum atomic E-state index is 12.3. The molecule has 1 aromatic heterocycles. The molecule has 0 atom stereocenters. The zero-order valence-electron chi connectivity index (χ0n) is 10.8. The Kier molecular flexibility index (Phi) is 3.54. The summed E-state index contributed by atoms with van der Waals surface area (Å²) in [5.41, 5.74) is 3.17. The molecule has 1 aromatic carbocycles. The third-order valence-corrected chi connectivity index (χ3v) is 3.66. The highest BCUT2D eigenvalue weighted by Gasteiger charge is 2.34. The predicted octanol–water partition coefficient (Wildman–Crippen LogP) is 2.53. The molecule has 1 aliphatic rings. The van der Waals surface area contributed by atoms with Gasteiger partial charge < -0.3 is 4.42 Å². The van der Waals surface area contributed by atoms with Gasteiger partial charge in [0.1, 0.15) is 17.1 Å². The lowest BCUT2D eigenvalue weighted by Gasteiger charge is -2.14.